The van der Waals surface area contributed by atoms with E-state index in [4.69, 9.17) is 0 Å². The smallest absolute Gasteiger partial charge is 0.255 e. The summed E-state index contributed by atoms with van der Waals surface area (Å²) in [6, 6.07) is 3.75. The number of likely N-dealkylation sites (tertiary alicyclic amines) is 1. The second kappa shape index (κ2) is 5.73. The summed E-state index contributed by atoms with van der Waals surface area (Å²) in [6.45, 7) is 6.57. The summed E-state index contributed by atoms with van der Waals surface area (Å²) < 4.78 is 1.71. The summed E-state index contributed by atoms with van der Waals surface area (Å²) in [5.41, 5.74) is 0.778. The number of aryl methyl sites for hydroxylation is 1. The van der Waals surface area contributed by atoms with Gasteiger partial charge in [0.05, 0.1) is 18.3 Å². The van der Waals surface area contributed by atoms with Gasteiger partial charge in [0.2, 0.25) is 0 Å². The molecule has 122 valence electrons. The number of carbonyl (C=O) groups excluding carboxylic acids is 1. The molecule has 0 bridgehead atoms. The van der Waals surface area contributed by atoms with Gasteiger partial charge in [0.1, 0.15) is 11.3 Å². The van der Waals surface area contributed by atoms with E-state index in [1.54, 1.807) is 28.0 Å². The van der Waals surface area contributed by atoms with Gasteiger partial charge in [-0.15, -0.1) is 5.10 Å². The molecule has 1 N–H and O–H groups in total. The molecule has 1 aliphatic heterocycles. The third-order valence-corrected chi connectivity index (χ3v) is 4.21. The average Bonchev–Trinajstić information content (AvgIpc) is 3.15. The molecule has 2 aromatic rings. The molecule has 1 fully saturated rings. The van der Waals surface area contributed by atoms with E-state index in [0.717, 1.165) is 5.69 Å². The molecule has 1 amide bonds. The number of hydrogen-bond acceptors (Lipinski definition) is 5. The van der Waals surface area contributed by atoms with Gasteiger partial charge < -0.3 is 10.0 Å². The van der Waals surface area contributed by atoms with Crippen molar-refractivity contribution >= 4 is 5.91 Å². The van der Waals surface area contributed by atoms with Gasteiger partial charge in [-0.2, -0.15) is 0 Å². The van der Waals surface area contributed by atoms with Gasteiger partial charge in [0.25, 0.3) is 5.91 Å². The molecule has 7 nitrogen and oxygen atoms in total. The first-order valence-electron chi connectivity index (χ1n) is 7.76. The highest BCUT2D eigenvalue weighted by atomic mass is 16.3. The summed E-state index contributed by atoms with van der Waals surface area (Å²) in [7, 11) is 0. The lowest BCUT2D eigenvalue weighted by Gasteiger charge is -2.21. The molecule has 0 aromatic carbocycles. The van der Waals surface area contributed by atoms with Crippen LogP contribution < -0.4 is 0 Å². The molecule has 1 atom stereocenters. The number of rotatable bonds is 3. The van der Waals surface area contributed by atoms with Gasteiger partial charge in [-0.3, -0.25) is 9.78 Å². The van der Waals surface area contributed by atoms with Crippen LogP contribution in [0.25, 0.3) is 0 Å². The maximum atomic E-state index is 12.5. The van der Waals surface area contributed by atoms with E-state index in [0.29, 0.717) is 24.2 Å². The lowest BCUT2D eigenvalue weighted by atomic mass is 10.00. The topological polar surface area (TPSA) is 84.1 Å². The van der Waals surface area contributed by atoms with Gasteiger partial charge in [0.15, 0.2) is 0 Å². The predicted octanol–water partition coefficient (Wildman–Crippen LogP) is 1.30. The maximum absolute atomic E-state index is 12.5. The fourth-order valence-corrected chi connectivity index (χ4v) is 2.70. The predicted molar refractivity (Wildman–Crippen MR) is 83.8 cm³/mol. The van der Waals surface area contributed by atoms with Crippen LogP contribution in [-0.2, 0) is 5.60 Å². The summed E-state index contributed by atoms with van der Waals surface area (Å²) in [4.78, 5) is 18.3. The van der Waals surface area contributed by atoms with Crippen molar-refractivity contribution in [2.24, 2.45) is 0 Å². The first-order valence-corrected chi connectivity index (χ1v) is 7.76. The van der Waals surface area contributed by atoms with Crippen LogP contribution in [0.15, 0.2) is 24.5 Å². The first kappa shape index (κ1) is 15.6. The Kier molecular flexibility index (Phi) is 3.89. The lowest BCUT2D eigenvalue weighted by Crippen LogP contribution is -2.34. The Bertz CT molecular complexity index is 710. The van der Waals surface area contributed by atoms with E-state index >= 15 is 0 Å². The Balaban J connectivity index is 1.76. The van der Waals surface area contributed by atoms with Crippen LogP contribution in [0.4, 0.5) is 0 Å². The summed E-state index contributed by atoms with van der Waals surface area (Å²) in [6.07, 6.45) is 3.78. The normalized spacial score (nSPS) is 21.2. The first-order chi connectivity index (χ1) is 10.9. The number of amides is 1. The van der Waals surface area contributed by atoms with Crippen LogP contribution in [0.5, 0.6) is 0 Å². The van der Waals surface area contributed by atoms with E-state index in [2.05, 4.69) is 15.3 Å². The second-order valence-electron chi connectivity index (χ2n) is 6.37. The standard InChI is InChI=1S/C16H21N5O2/c1-11(2)21-9-14(18-19-21)16(23)6-7-20(10-16)15(22)13-5-4-12(3)17-8-13/h4-5,8-9,11,23H,6-7,10H2,1-3H3. The highest BCUT2D eigenvalue weighted by Crippen LogP contribution is 2.31. The summed E-state index contributed by atoms with van der Waals surface area (Å²) >= 11 is 0. The van der Waals surface area contributed by atoms with Gasteiger partial charge in [-0.05, 0) is 32.9 Å². The zero-order valence-electron chi connectivity index (χ0n) is 13.6. The highest BCUT2D eigenvalue weighted by Gasteiger charge is 2.42. The van der Waals surface area contributed by atoms with E-state index in [-0.39, 0.29) is 18.5 Å². The minimum atomic E-state index is -1.14. The van der Waals surface area contributed by atoms with Crippen molar-refractivity contribution in [3.8, 4) is 0 Å². The van der Waals surface area contributed by atoms with Crippen LogP contribution >= 0.6 is 0 Å². The molecule has 0 aliphatic carbocycles. The van der Waals surface area contributed by atoms with Crippen LogP contribution in [0.1, 0.15) is 48.1 Å². The SMILES string of the molecule is Cc1ccc(C(=O)N2CCC(O)(c3cn(C(C)C)nn3)C2)cn1. The van der Waals surface area contributed by atoms with Crippen LogP contribution in [-0.4, -0.2) is 49.0 Å². The van der Waals surface area contributed by atoms with Crippen molar-refractivity contribution in [2.45, 2.75) is 38.8 Å². The molecule has 23 heavy (non-hydrogen) atoms. The van der Waals surface area contributed by atoms with Gasteiger partial charge in [-0.1, -0.05) is 5.21 Å². The van der Waals surface area contributed by atoms with Gasteiger partial charge in [0, 0.05) is 30.9 Å². The van der Waals surface area contributed by atoms with Crippen molar-refractivity contribution in [3.05, 3.63) is 41.5 Å². The van der Waals surface area contributed by atoms with Crippen LogP contribution in [0.3, 0.4) is 0 Å². The van der Waals surface area contributed by atoms with E-state index in [1.165, 1.54) is 0 Å². The number of carbonyl (C=O) groups is 1. The minimum Gasteiger partial charge on any atom is -0.381 e. The lowest BCUT2D eigenvalue weighted by molar-refractivity contribution is 0.0381. The monoisotopic (exact) mass is 315 g/mol. The Morgan fingerprint density at radius 3 is 2.78 bits per heavy atom. The van der Waals surface area contributed by atoms with Crippen molar-refractivity contribution in [2.75, 3.05) is 13.1 Å². The molecule has 7 heteroatoms. The summed E-state index contributed by atoms with van der Waals surface area (Å²) in [5, 5.41) is 19.0. The Morgan fingerprint density at radius 1 is 1.39 bits per heavy atom. The Labute approximate surface area is 134 Å². The van der Waals surface area contributed by atoms with Crippen molar-refractivity contribution < 1.29 is 9.90 Å². The molecular formula is C16H21N5O2. The molecule has 1 unspecified atom stereocenters. The molecule has 1 saturated heterocycles. The molecule has 0 spiro atoms. The number of hydrogen-bond donors (Lipinski definition) is 1. The maximum Gasteiger partial charge on any atom is 0.255 e. The van der Waals surface area contributed by atoms with E-state index in [1.807, 2.05) is 26.8 Å². The van der Waals surface area contributed by atoms with Crippen molar-refractivity contribution in [3.63, 3.8) is 0 Å². The van der Waals surface area contributed by atoms with E-state index in [9.17, 15) is 9.90 Å². The molecule has 2 aromatic heterocycles. The molecule has 0 saturated carbocycles. The third-order valence-electron chi connectivity index (χ3n) is 4.21. The average molecular weight is 315 g/mol. The van der Waals surface area contributed by atoms with Gasteiger partial charge >= 0.3 is 0 Å². The van der Waals surface area contributed by atoms with Gasteiger partial charge in [-0.25, -0.2) is 4.68 Å². The molecule has 3 rings (SSSR count). The molecule has 3 heterocycles. The fraction of sp³-hybridized carbons (Fsp3) is 0.500. The number of nitrogens with zero attached hydrogens (tertiary/aromatic N) is 5. The van der Waals surface area contributed by atoms with Crippen LogP contribution in [0, 0.1) is 6.92 Å². The van der Waals surface area contributed by atoms with Crippen molar-refractivity contribution in [1.29, 1.82) is 0 Å². The zero-order chi connectivity index (χ0) is 16.6. The fourth-order valence-electron chi connectivity index (χ4n) is 2.70. The van der Waals surface area contributed by atoms with Crippen LogP contribution in [0.2, 0.25) is 0 Å². The number of aliphatic hydroxyl groups is 1. The summed E-state index contributed by atoms with van der Waals surface area (Å²) in [5.74, 6) is -0.121. The van der Waals surface area contributed by atoms with Crippen molar-refractivity contribution in [1.82, 2.24) is 24.9 Å². The highest BCUT2D eigenvalue weighted by molar-refractivity contribution is 5.94. The molecule has 1 aliphatic rings. The zero-order valence-corrected chi connectivity index (χ0v) is 13.6. The number of pyridine rings is 1. The molecular weight excluding hydrogens is 294 g/mol. The Hall–Kier alpha value is -2.28. The minimum absolute atomic E-state index is 0.121. The number of aromatic nitrogens is 4. The number of β-amino-alcohol motifs (C(OH)–C–C–N with tert-alkyl or cyclic N) is 1. The molecule has 0 radical (unpaired) electrons. The quantitative estimate of drug-likeness (QED) is 0.923. The second-order valence-corrected chi connectivity index (χ2v) is 6.37. The largest absolute Gasteiger partial charge is 0.381 e. The Morgan fingerprint density at radius 2 is 2.17 bits per heavy atom. The van der Waals surface area contributed by atoms with E-state index < -0.39 is 5.60 Å². The third kappa shape index (κ3) is 2.96.